The highest BCUT2D eigenvalue weighted by molar-refractivity contribution is 9.10. The quantitative estimate of drug-likeness (QED) is 0.548. The summed E-state index contributed by atoms with van der Waals surface area (Å²) in [5.41, 5.74) is 0.394. The molecule has 0 unspecified atom stereocenters. The molecule has 0 amide bonds. The number of Topliss-reactive ketones (excluding diaryl/α,β-unsaturated/α-hetero) is 1. The fourth-order valence-corrected chi connectivity index (χ4v) is 4.35. The summed E-state index contributed by atoms with van der Waals surface area (Å²) in [6, 6.07) is 11.3. The lowest BCUT2D eigenvalue weighted by Crippen LogP contribution is -2.45. The first-order chi connectivity index (χ1) is 12.5. The van der Waals surface area contributed by atoms with E-state index in [1.165, 1.54) is 0 Å². The number of hydrogen-bond acceptors (Lipinski definition) is 3. The van der Waals surface area contributed by atoms with Crippen molar-refractivity contribution in [2.75, 3.05) is 13.1 Å². The Morgan fingerprint density at radius 3 is 2.50 bits per heavy atom. The minimum Gasteiger partial charge on any atom is -0.455 e. The van der Waals surface area contributed by atoms with Crippen molar-refractivity contribution in [2.24, 2.45) is 0 Å². The molecule has 6 heteroatoms. The molecular formula is C20H20BrCl2NO2. The van der Waals surface area contributed by atoms with Gasteiger partial charge in [-0.2, -0.15) is 0 Å². The van der Waals surface area contributed by atoms with Gasteiger partial charge in [0.15, 0.2) is 0 Å². The average molecular weight is 457 g/mol. The number of benzene rings is 2. The van der Waals surface area contributed by atoms with Gasteiger partial charge in [-0.15, -0.1) is 0 Å². The van der Waals surface area contributed by atoms with Gasteiger partial charge in [0.25, 0.3) is 0 Å². The molecule has 1 N–H and O–H groups in total. The largest absolute Gasteiger partial charge is 0.455 e. The van der Waals surface area contributed by atoms with Gasteiger partial charge in [-0.3, -0.25) is 4.79 Å². The number of rotatable bonds is 5. The predicted molar refractivity (Wildman–Crippen MR) is 110 cm³/mol. The summed E-state index contributed by atoms with van der Waals surface area (Å²) in [4.78, 5) is 12.9. The summed E-state index contributed by atoms with van der Waals surface area (Å²) in [5, 5.41) is 4.09. The Morgan fingerprint density at radius 1 is 1.12 bits per heavy atom. The first kappa shape index (κ1) is 19.7. The lowest BCUT2D eigenvalue weighted by molar-refractivity contribution is -0.125. The second-order valence-electron chi connectivity index (χ2n) is 6.38. The van der Waals surface area contributed by atoms with E-state index in [9.17, 15) is 4.79 Å². The molecule has 1 heterocycles. The number of nitrogens with one attached hydrogen (secondary N) is 1. The van der Waals surface area contributed by atoms with Gasteiger partial charge >= 0.3 is 0 Å². The number of piperidine rings is 1. The van der Waals surface area contributed by atoms with Crippen molar-refractivity contribution >= 4 is 44.9 Å². The minimum absolute atomic E-state index is 0.245. The highest BCUT2D eigenvalue weighted by Gasteiger charge is 2.41. The number of ketones is 1. The number of halogens is 3. The van der Waals surface area contributed by atoms with E-state index in [1.54, 1.807) is 12.1 Å². The fourth-order valence-electron chi connectivity index (χ4n) is 3.55. The zero-order chi connectivity index (χ0) is 18.7. The minimum atomic E-state index is -0.526. The molecule has 0 aromatic heterocycles. The van der Waals surface area contributed by atoms with Crippen molar-refractivity contribution in [1.82, 2.24) is 5.32 Å². The molecule has 0 bridgehead atoms. The Hall–Kier alpha value is -1.07. The third-order valence-electron chi connectivity index (χ3n) is 4.93. The second-order valence-corrected chi connectivity index (χ2v) is 7.99. The van der Waals surface area contributed by atoms with Crippen LogP contribution in [-0.2, 0) is 10.2 Å². The van der Waals surface area contributed by atoms with Gasteiger partial charge in [0.05, 0.1) is 10.4 Å². The number of hydrogen-bond donors (Lipinski definition) is 1. The van der Waals surface area contributed by atoms with Crippen LogP contribution in [0.25, 0.3) is 0 Å². The molecule has 0 radical (unpaired) electrons. The van der Waals surface area contributed by atoms with Crippen molar-refractivity contribution in [3.8, 4) is 11.5 Å². The Bertz CT molecular complexity index is 819. The van der Waals surface area contributed by atoms with Crippen LogP contribution in [0.3, 0.4) is 0 Å². The van der Waals surface area contributed by atoms with Crippen LogP contribution in [0.1, 0.15) is 31.7 Å². The molecule has 1 saturated heterocycles. The summed E-state index contributed by atoms with van der Waals surface area (Å²) in [7, 11) is 0. The van der Waals surface area contributed by atoms with Gasteiger partial charge in [0.2, 0.25) is 0 Å². The standard InChI is InChI=1S/C20H20BrCl2NO2/c1-2-17(25)20(9-11-24-12-10-20)13-5-3-4-6-15(13)26-16-8-7-14(21)18(22)19(16)23/h3-8,24H,2,9-12H2,1H3. The van der Waals surface area contributed by atoms with Gasteiger partial charge in [0.1, 0.15) is 22.3 Å². The summed E-state index contributed by atoms with van der Waals surface area (Å²) in [5.74, 6) is 1.37. The highest BCUT2D eigenvalue weighted by atomic mass is 79.9. The Balaban J connectivity index is 2.05. The Morgan fingerprint density at radius 2 is 1.81 bits per heavy atom. The lowest BCUT2D eigenvalue weighted by atomic mass is 9.69. The highest BCUT2D eigenvalue weighted by Crippen LogP contribution is 2.44. The van der Waals surface area contributed by atoms with Crippen LogP contribution >= 0.6 is 39.1 Å². The molecule has 0 aliphatic carbocycles. The van der Waals surface area contributed by atoms with Crippen molar-refractivity contribution in [2.45, 2.75) is 31.6 Å². The van der Waals surface area contributed by atoms with E-state index in [0.717, 1.165) is 31.5 Å². The molecule has 1 aliphatic rings. The summed E-state index contributed by atoms with van der Waals surface area (Å²) in [6.07, 6.45) is 2.02. The zero-order valence-corrected chi connectivity index (χ0v) is 17.5. The van der Waals surface area contributed by atoms with E-state index < -0.39 is 5.41 Å². The molecular weight excluding hydrogens is 437 g/mol. The molecule has 0 spiro atoms. The smallest absolute Gasteiger partial charge is 0.147 e. The third kappa shape index (κ3) is 3.65. The SMILES string of the molecule is CCC(=O)C1(c2ccccc2Oc2ccc(Br)c(Cl)c2Cl)CCNCC1. The van der Waals surface area contributed by atoms with Gasteiger partial charge in [-0.1, -0.05) is 48.3 Å². The van der Waals surface area contributed by atoms with E-state index in [2.05, 4.69) is 21.2 Å². The topological polar surface area (TPSA) is 38.3 Å². The zero-order valence-electron chi connectivity index (χ0n) is 14.5. The van der Waals surface area contributed by atoms with E-state index in [4.69, 9.17) is 27.9 Å². The van der Waals surface area contributed by atoms with Gasteiger partial charge in [-0.25, -0.2) is 0 Å². The van der Waals surface area contributed by atoms with E-state index in [1.807, 2.05) is 31.2 Å². The molecule has 1 aliphatic heterocycles. The molecule has 138 valence electrons. The van der Waals surface area contributed by atoms with E-state index in [0.29, 0.717) is 32.4 Å². The van der Waals surface area contributed by atoms with Crippen LogP contribution in [0, 0.1) is 0 Å². The van der Waals surface area contributed by atoms with E-state index in [-0.39, 0.29) is 5.78 Å². The lowest BCUT2D eigenvalue weighted by Gasteiger charge is -2.37. The normalized spacial score (nSPS) is 16.3. The third-order valence-corrected chi connectivity index (χ3v) is 6.69. The Labute approximate surface area is 172 Å². The molecule has 2 aromatic carbocycles. The van der Waals surface area contributed by atoms with Gasteiger partial charge < -0.3 is 10.1 Å². The molecule has 26 heavy (non-hydrogen) atoms. The summed E-state index contributed by atoms with van der Waals surface area (Å²) >= 11 is 15.9. The number of carbonyl (C=O) groups excluding carboxylic acids is 1. The fraction of sp³-hybridized carbons (Fsp3) is 0.350. The molecule has 3 nitrogen and oxygen atoms in total. The summed E-state index contributed by atoms with van der Waals surface area (Å²) < 4.78 is 6.85. The van der Waals surface area contributed by atoms with Crippen LogP contribution in [0.2, 0.25) is 10.0 Å². The van der Waals surface area contributed by atoms with Gasteiger partial charge in [0, 0.05) is 16.5 Å². The van der Waals surface area contributed by atoms with Crippen LogP contribution in [-0.4, -0.2) is 18.9 Å². The predicted octanol–water partition coefficient (Wildman–Crippen LogP) is 6.15. The maximum absolute atomic E-state index is 12.9. The van der Waals surface area contributed by atoms with Crippen LogP contribution in [0.15, 0.2) is 40.9 Å². The second kappa shape index (κ2) is 8.30. The number of para-hydroxylation sites is 1. The Kier molecular flexibility index (Phi) is 6.29. The molecule has 0 atom stereocenters. The van der Waals surface area contributed by atoms with Gasteiger partial charge in [-0.05, 0) is 60.1 Å². The maximum Gasteiger partial charge on any atom is 0.147 e. The first-order valence-electron chi connectivity index (χ1n) is 8.64. The van der Waals surface area contributed by atoms with E-state index >= 15 is 0 Å². The van der Waals surface area contributed by atoms with Crippen molar-refractivity contribution in [3.63, 3.8) is 0 Å². The van der Waals surface area contributed by atoms with Crippen LogP contribution in [0.5, 0.6) is 11.5 Å². The maximum atomic E-state index is 12.9. The number of carbonyl (C=O) groups is 1. The average Bonchev–Trinajstić information content (AvgIpc) is 2.68. The molecule has 0 saturated carbocycles. The van der Waals surface area contributed by atoms with Crippen molar-refractivity contribution in [1.29, 1.82) is 0 Å². The number of ether oxygens (including phenoxy) is 1. The summed E-state index contributed by atoms with van der Waals surface area (Å²) in [6.45, 7) is 3.54. The molecule has 2 aromatic rings. The van der Waals surface area contributed by atoms with Crippen molar-refractivity contribution in [3.05, 3.63) is 56.5 Å². The van der Waals surface area contributed by atoms with Crippen LogP contribution < -0.4 is 10.1 Å². The van der Waals surface area contributed by atoms with Crippen molar-refractivity contribution < 1.29 is 9.53 Å². The molecule has 1 fully saturated rings. The monoisotopic (exact) mass is 455 g/mol. The molecule has 3 rings (SSSR count). The first-order valence-corrected chi connectivity index (χ1v) is 10.2. The van der Waals surface area contributed by atoms with Crippen LogP contribution in [0.4, 0.5) is 0 Å².